The minimum Gasteiger partial charge on any atom is -0.360 e. The number of hydrogen-bond acceptors (Lipinski definition) is 2. The normalized spacial score (nSPS) is 30.4. The zero-order valence-electron chi connectivity index (χ0n) is 14.4. The fourth-order valence-corrected chi connectivity index (χ4v) is 5.21. The first kappa shape index (κ1) is 16.3. The van der Waals surface area contributed by atoms with E-state index in [9.17, 15) is 0 Å². The maximum absolute atomic E-state index is 5.59. The van der Waals surface area contributed by atoms with Crippen molar-refractivity contribution in [3.8, 4) is 0 Å². The molecule has 1 aliphatic heterocycles. The maximum atomic E-state index is 5.59. The highest BCUT2D eigenvalue weighted by atomic mass is 32.1. The van der Waals surface area contributed by atoms with Gasteiger partial charge in [-0.25, -0.2) is 0 Å². The molecule has 3 unspecified atom stereocenters. The topological polar surface area (TPSA) is 27.3 Å². The average molecular weight is 344 g/mol. The van der Waals surface area contributed by atoms with Gasteiger partial charge >= 0.3 is 0 Å². The average Bonchev–Trinajstić information content (AvgIpc) is 3.20. The van der Waals surface area contributed by atoms with Crippen LogP contribution in [0.5, 0.6) is 0 Å². The first-order chi connectivity index (χ1) is 11.8. The Balaban J connectivity index is 1.18. The van der Waals surface area contributed by atoms with E-state index in [0.717, 1.165) is 36.6 Å². The van der Waals surface area contributed by atoms with Crippen LogP contribution in [0.2, 0.25) is 0 Å². The zero-order valence-corrected chi connectivity index (χ0v) is 15.2. The summed E-state index contributed by atoms with van der Waals surface area (Å²) in [4.78, 5) is 2.56. The van der Waals surface area contributed by atoms with Crippen LogP contribution in [0.25, 0.3) is 0 Å². The molecule has 1 saturated heterocycles. The van der Waals surface area contributed by atoms with Crippen molar-refractivity contribution in [1.29, 1.82) is 0 Å². The number of nitrogens with one attached hydrogen (secondary N) is 2. The fourth-order valence-electron chi connectivity index (χ4n) is 4.89. The second-order valence-corrected chi connectivity index (χ2v) is 8.34. The second kappa shape index (κ2) is 7.40. The van der Waals surface area contributed by atoms with Crippen LogP contribution in [-0.4, -0.2) is 35.2 Å². The molecule has 24 heavy (non-hydrogen) atoms. The molecule has 0 aromatic heterocycles. The van der Waals surface area contributed by atoms with Gasteiger partial charge in [0.2, 0.25) is 0 Å². The molecule has 1 aromatic rings. The number of fused-ring (bicyclic) bond motifs is 2. The molecule has 0 amide bonds. The van der Waals surface area contributed by atoms with E-state index in [0.29, 0.717) is 12.1 Å². The molecule has 0 radical (unpaired) electrons. The van der Waals surface area contributed by atoms with Crippen LogP contribution in [0.1, 0.15) is 44.1 Å². The molecule has 2 saturated carbocycles. The van der Waals surface area contributed by atoms with Crippen LogP contribution in [0.4, 0.5) is 0 Å². The molecule has 2 aliphatic carbocycles. The van der Waals surface area contributed by atoms with E-state index in [2.05, 4.69) is 45.9 Å². The van der Waals surface area contributed by atoms with Crippen LogP contribution in [0, 0.1) is 11.8 Å². The van der Waals surface area contributed by atoms with E-state index in [-0.39, 0.29) is 0 Å². The molecule has 1 heterocycles. The molecule has 2 N–H and O–H groups in total. The maximum Gasteiger partial charge on any atom is 0.166 e. The first-order valence-electron chi connectivity index (χ1n) is 9.59. The lowest BCUT2D eigenvalue weighted by Gasteiger charge is -2.34. The van der Waals surface area contributed by atoms with Crippen LogP contribution in [-0.2, 0) is 6.54 Å². The lowest BCUT2D eigenvalue weighted by Crippen LogP contribution is -2.50. The molecule has 130 valence electrons. The minimum atomic E-state index is 0.538. The Morgan fingerprint density at radius 2 is 1.79 bits per heavy atom. The van der Waals surface area contributed by atoms with Crippen molar-refractivity contribution in [3.63, 3.8) is 0 Å². The molecule has 3 nitrogen and oxygen atoms in total. The van der Waals surface area contributed by atoms with Gasteiger partial charge in [0.1, 0.15) is 0 Å². The van der Waals surface area contributed by atoms with E-state index in [4.69, 9.17) is 12.2 Å². The largest absolute Gasteiger partial charge is 0.360 e. The van der Waals surface area contributed by atoms with Crippen molar-refractivity contribution in [1.82, 2.24) is 15.5 Å². The molecule has 1 aromatic carbocycles. The van der Waals surface area contributed by atoms with Gasteiger partial charge in [0.25, 0.3) is 0 Å². The number of likely N-dealkylation sites (tertiary alicyclic amines) is 1. The molecule has 4 rings (SSSR count). The molecule has 3 atom stereocenters. The number of nitrogens with zero attached hydrogens (tertiary/aromatic N) is 1. The molecule has 4 heteroatoms. The third kappa shape index (κ3) is 3.92. The Hall–Kier alpha value is -1.13. The zero-order chi connectivity index (χ0) is 16.4. The van der Waals surface area contributed by atoms with E-state index < -0.39 is 0 Å². The van der Waals surface area contributed by atoms with Gasteiger partial charge in [-0.05, 0) is 61.7 Å². The summed E-state index contributed by atoms with van der Waals surface area (Å²) < 4.78 is 0. The number of rotatable bonds is 4. The Kier molecular flexibility index (Phi) is 5.04. The summed E-state index contributed by atoms with van der Waals surface area (Å²) in [5, 5.41) is 8.10. The van der Waals surface area contributed by atoms with Gasteiger partial charge in [-0.3, -0.25) is 4.90 Å². The summed E-state index contributed by atoms with van der Waals surface area (Å²) in [6.07, 6.45) is 7.99. The summed E-state index contributed by atoms with van der Waals surface area (Å²) in [6, 6.07) is 12.0. The Labute approximate surface area is 151 Å². The van der Waals surface area contributed by atoms with Crippen LogP contribution in [0.15, 0.2) is 30.3 Å². The van der Waals surface area contributed by atoms with E-state index in [1.807, 2.05) is 0 Å². The van der Waals surface area contributed by atoms with Crippen LogP contribution < -0.4 is 10.6 Å². The van der Waals surface area contributed by atoms with Gasteiger partial charge in [-0.1, -0.05) is 36.8 Å². The predicted molar refractivity (Wildman–Crippen MR) is 103 cm³/mol. The summed E-state index contributed by atoms with van der Waals surface area (Å²) in [5.41, 5.74) is 1.41. The van der Waals surface area contributed by atoms with E-state index in [1.165, 1.54) is 44.1 Å². The lowest BCUT2D eigenvalue weighted by atomic mass is 9.95. The molecular weight excluding hydrogens is 314 g/mol. The van der Waals surface area contributed by atoms with Gasteiger partial charge in [0.05, 0.1) is 0 Å². The van der Waals surface area contributed by atoms with Crippen molar-refractivity contribution in [2.75, 3.05) is 13.1 Å². The van der Waals surface area contributed by atoms with E-state index in [1.54, 1.807) is 0 Å². The molecule has 3 fully saturated rings. The van der Waals surface area contributed by atoms with Crippen molar-refractivity contribution < 1.29 is 0 Å². The van der Waals surface area contributed by atoms with Crippen LogP contribution >= 0.6 is 12.2 Å². The van der Waals surface area contributed by atoms with Crippen molar-refractivity contribution >= 4 is 17.3 Å². The summed E-state index contributed by atoms with van der Waals surface area (Å²) in [5.74, 6) is 1.85. The first-order valence-corrected chi connectivity index (χ1v) is 10.0. The SMILES string of the molecule is S=C(NC1CCN(Cc2ccccc2)CC1)NC1CC2CCC1C2. The van der Waals surface area contributed by atoms with E-state index >= 15 is 0 Å². The minimum absolute atomic E-state index is 0.538. The smallest absolute Gasteiger partial charge is 0.166 e. The summed E-state index contributed by atoms with van der Waals surface area (Å²) in [6.45, 7) is 3.38. The molecule has 0 spiro atoms. The van der Waals surface area contributed by atoms with Crippen LogP contribution in [0.3, 0.4) is 0 Å². The standard InChI is InChI=1S/C20H29N3S/c24-20(22-19-13-16-6-7-17(19)12-16)21-18-8-10-23(11-9-18)14-15-4-2-1-3-5-15/h1-5,16-19H,6-14H2,(H2,21,22,24). The number of benzene rings is 1. The second-order valence-electron chi connectivity index (χ2n) is 7.94. The Morgan fingerprint density at radius 1 is 1.00 bits per heavy atom. The highest BCUT2D eigenvalue weighted by Gasteiger charge is 2.39. The third-order valence-electron chi connectivity index (χ3n) is 6.23. The quantitative estimate of drug-likeness (QED) is 0.820. The van der Waals surface area contributed by atoms with Gasteiger partial charge in [0, 0.05) is 31.7 Å². The molecule has 2 bridgehead atoms. The fraction of sp³-hybridized carbons (Fsp3) is 0.650. The summed E-state index contributed by atoms with van der Waals surface area (Å²) in [7, 11) is 0. The highest BCUT2D eigenvalue weighted by molar-refractivity contribution is 7.80. The van der Waals surface area contributed by atoms with Gasteiger partial charge in [-0.15, -0.1) is 0 Å². The lowest BCUT2D eigenvalue weighted by molar-refractivity contribution is 0.198. The van der Waals surface area contributed by atoms with Gasteiger partial charge in [-0.2, -0.15) is 0 Å². The van der Waals surface area contributed by atoms with Gasteiger partial charge < -0.3 is 10.6 Å². The molecular formula is C20H29N3S. The number of hydrogen-bond donors (Lipinski definition) is 2. The Bertz CT molecular complexity index is 553. The van der Waals surface area contributed by atoms with Gasteiger partial charge in [0.15, 0.2) is 5.11 Å². The number of piperidine rings is 1. The third-order valence-corrected chi connectivity index (χ3v) is 6.46. The highest BCUT2D eigenvalue weighted by Crippen LogP contribution is 2.44. The summed E-state index contributed by atoms with van der Waals surface area (Å²) >= 11 is 5.59. The monoisotopic (exact) mass is 343 g/mol. The predicted octanol–water partition coefficient (Wildman–Crippen LogP) is 3.30. The van der Waals surface area contributed by atoms with Crippen molar-refractivity contribution in [3.05, 3.63) is 35.9 Å². The van der Waals surface area contributed by atoms with Crippen molar-refractivity contribution in [2.24, 2.45) is 11.8 Å². The number of thiocarbonyl (C=S) groups is 1. The van der Waals surface area contributed by atoms with Crippen molar-refractivity contribution in [2.45, 2.75) is 57.2 Å². The Morgan fingerprint density at radius 3 is 2.46 bits per heavy atom. The molecule has 3 aliphatic rings.